The standard InChI is InChI=1S/C14H16N4OS/c1-8-7-20-14(17-8)2-3-16-12-6-11-9(4-10(12)15)5-13(19)18-11/h4,6-7,16H,2-3,5,15H2,1H3,(H,18,19). The van der Waals surface area contributed by atoms with Crippen LogP contribution in [0, 0.1) is 6.92 Å². The topological polar surface area (TPSA) is 80.0 Å². The van der Waals surface area contributed by atoms with Gasteiger partial charge < -0.3 is 16.4 Å². The van der Waals surface area contributed by atoms with Gasteiger partial charge in [-0.2, -0.15) is 0 Å². The monoisotopic (exact) mass is 288 g/mol. The normalized spacial score (nSPS) is 13.2. The second-order valence-electron chi connectivity index (χ2n) is 4.88. The highest BCUT2D eigenvalue weighted by molar-refractivity contribution is 7.09. The zero-order valence-electron chi connectivity index (χ0n) is 11.2. The predicted molar refractivity (Wildman–Crippen MR) is 82.2 cm³/mol. The van der Waals surface area contributed by atoms with E-state index in [2.05, 4.69) is 21.0 Å². The number of nitrogens with two attached hydrogens (primary N) is 1. The number of fused-ring (bicyclic) bond motifs is 1. The number of hydrogen-bond donors (Lipinski definition) is 3. The van der Waals surface area contributed by atoms with Gasteiger partial charge in [-0.1, -0.05) is 0 Å². The number of rotatable bonds is 4. The van der Waals surface area contributed by atoms with Crippen LogP contribution in [0.15, 0.2) is 17.5 Å². The summed E-state index contributed by atoms with van der Waals surface area (Å²) in [5, 5.41) is 9.30. The smallest absolute Gasteiger partial charge is 0.228 e. The van der Waals surface area contributed by atoms with E-state index < -0.39 is 0 Å². The fourth-order valence-corrected chi connectivity index (χ4v) is 3.04. The first-order valence-corrected chi connectivity index (χ1v) is 7.37. The molecule has 0 atom stereocenters. The number of nitrogens with one attached hydrogen (secondary N) is 2. The van der Waals surface area contributed by atoms with E-state index in [0.717, 1.165) is 40.6 Å². The van der Waals surface area contributed by atoms with Crippen LogP contribution in [-0.2, 0) is 17.6 Å². The molecule has 0 spiro atoms. The number of carbonyl (C=O) groups excluding carboxylic acids is 1. The first kappa shape index (κ1) is 12.9. The maximum atomic E-state index is 11.3. The van der Waals surface area contributed by atoms with Crippen LogP contribution in [0.2, 0.25) is 0 Å². The molecule has 0 saturated heterocycles. The SMILES string of the molecule is Cc1csc(CCNc2cc3c(cc2N)CC(=O)N3)n1. The lowest BCUT2D eigenvalue weighted by Crippen LogP contribution is -2.07. The number of aryl methyl sites for hydroxylation is 1. The van der Waals surface area contributed by atoms with Crippen LogP contribution in [0.4, 0.5) is 17.1 Å². The van der Waals surface area contributed by atoms with Crippen LogP contribution in [0.1, 0.15) is 16.3 Å². The molecule has 1 aliphatic heterocycles. The van der Waals surface area contributed by atoms with Gasteiger partial charge in [-0.3, -0.25) is 4.79 Å². The lowest BCUT2D eigenvalue weighted by Gasteiger charge is -2.10. The molecule has 4 N–H and O–H groups in total. The number of thiazole rings is 1. The number of hydrogen-bond acceptors (Lipinski definition) is 5. The minimum Gasteiger partial charge on any atom is -0.397 e. The van der Waals surface area contributed by atoms with Gasteiger partial charge in [-0.25, -0.2) is 4.98 Å². The van der Waals surface area contributed by atoms with E-state index in [9.17, 15) is 4.79 Å². The van der Waals surface area contributed by atoms with Crippen LogP contribution in [-0.4, -0.2) is 17.4 Å². The highest BCUT2D eigenvalue weighted by Gasteiger charge is 2.19. The van der Waals surface area contributed by atoms with Crippen molar-refractivity contribution in [2.24, 2.45) is 0 Å². The maximum Gasteiger partial charge on any atom is 0.228 e. The molecule has 1 aliphatic rings. The van der Waals surface area contributed by atoms with Crippen LogP contribution in [0.25, 0.3) is 0 Å². The van der Waals surface area contributed by atoms with E-state index in [1.165, 1.54) is 0 Å². The summed E-state index contributed by atoms with van der Waals surface area (Å²) < 4.78 is 0. The molecule has 0 saturated carbocycles. The van der Waals surface area contributed by atoms with Gasteiger partial charge in [-0.05, 0) is 24.6 Å². The molecule has 2 aromatic rings. The summed E-state index contributed by atoms with van der Waals surface area (Å²) in [6.07, 6.45) is 1.28. The molecule has 2 heterocycles. The lowest BCUT2D eigenvalue weighted by atomic mass is 10.1. The number of nitrogens with zero attached hydrogens (tertiary/aromatic N) is 1. The van der Waals surface area contributed by atoms with Crippen molar-refractivity contribution in [3.8, 4) is 0 Å². The average Bonchev–Trinajstić information content (AvgIpc) is 2.95. The number of amides is 1. The maximum absolute atomic E-state index is 11.3. The van der Waals surface area contributed by atoms with Crippen molar-refractivity contribution in [3.63, 3.8) is 0 Å². The Hall–Kier alpha value is -2.08. The second kappa shape index (κ2) is 5.13. The van der Waals surface area contributed by atoms with E-state index in [0.29, 0.717) is 12.1 Å². The van der Waals surface area contributed by atoms with Gasteiger partial charge in [0.25, 0.3) is 0 Å². The first-order valence-electron chi connectivity index (χ1n) is 6.49. The minimum atomic E-state index is 0.0230. The minimum absolute atomic E-state index is 0.0230. The molecule has 5 nitrogen and oxygen atoms in total. The van der Waals surface area contributed by atoms with Crippen molar-refractivity contribution < 1.29 is 4.79 Å². The number of benzene rings is 1. The second-order valence-corrected chi connectivity index (χ2v) is 5.82. The van der Waals surface area contributed by atoms with Gasteiger partial charge in [-0.15, -0.1) is 11.3 Å². The molecule has 0 fully saturated rings. The van der Waals surface area contributed by atoms with Crippen molar-refractivity contribution in [1.82, 2.24) is 4.98 Å². The third kappa shape index (κ3) is 2.60. The Morgan fingerprint density at radius 3 is 3.10 bits per heavy atom. The molecule has 0 bridgehead atoms. The largest absolute Gasteiger partial charge is 0.397 e. The van der Waals surface area contributed by atoms with E-state index >= 15 is 0 Å². The third-order valence-corrected chi connectivity index (χ3v) is 4.25. The Bertz CT molecular complexity index is 665. The van der Waals surface area contributed by atoms with Crippen LogP contribution in [0.5, 0.6) is 0 Å². The molecular weight excluding hydrogens is 272 g/mol. The molecule has 104 valence electrons. The molecule has 6 heteroatoms. The predicted octanol–water partition coefficient (Wildman–Crippen LogP) is 2.18. The summed E-state index contributed by atoms with van der Waals surface area (Å²) in [5.74, 6) is 0.0230. The molecule has 1 aromatic carbocycles. The number of aromatic nitrogens is 1. The Morgan fingerprint density at radius 2 is 2.35 bits per heavy atom. The van der Waals surface area contributed by atoms with Crippen molar-refractivity contribution in [1.29, 1.82) is 0 Å². The van der Waals surface area contributed by atoms with E-state index in [1.54, 1.807) is 11.3 Å². The van der Waals surface area contributed by atoms with Gasteiger partial charge in [0.1, 0.15) is 0 Å². The fraction of sp³-hybridized carbons (Fsp3) is 0.286. The van der Waals surface area contributed by atoms with E-state index in [4.69, 9.17) is 5.73 Å². The summed E-state index contributed by atoms with van der Waals surface area (Å²) >= 11 is 1.67. The molecule has 20 heavy (non-hydrogen) atoms. The van der Waals surface area contributed by atoms with Crippen molar-refractivity contribution in [3.05, 3.63) is 33.8 Å². The summed E-state index contributed by atoms with van der Waals surface area (Å²) in [4.78, 5) is 15.8. The van der Waals surface area contributed by atoms with Gasteiger partial charge in [0.05, 0.1) is 22.8 Å². The highest BCUT2D eigenvalue weighted by Crippen LogP contribution is 2.31. The van der Waals surface area contributed by atoms with Crippen molar-refractivity contribution >= 4 is 34.3 Å². The van der Waals surface area contributed by atoms with Gasteiger partial charge in [0.2, 0.25) is 5.91 Å². The summed E-state index contributed by atoms with van der Waals surface area (Å²) in [7, 11) is 0. The fourth-order valence-electron chi connectivity index (χ4n) is 2.27. The van der Waals surface area contributed by atoms with Crippen molar-refractivity contribution in [2.75, 3.05) is 22.9 Å². The molecule has 0 unspecified atom stereocenters. The van der Waals surface area contributed by atoms with Crippen LogP contribution in [0.3, 0.4) is 0 Å². The lowest BCUT2D eigenvalue weighted by molar-refractivity contribution is -0.115. The number of anilines is 3. The molecular formula is C14H16N4OS. The van der Waals surface area contributed by atoms with E-state index in [-0.39, 0.29) is 5.91 Å². The summed E-state index contributed by atoms with van der Waals surface area (Å²) in [5.41, 5.74) is 10.4. The number of nitrogen functional groups attached to an aromatic ring is 1. The van der Waals surface area contributed by atoms with E-state index in [1.807, 2.05) is 19.1 Å². The summed E-state index contributed by atoms with van der Waals surface area (Å²) in [6, 6.07) is 3.77. The van der Waals surface area contributed by atoms with Gasteiger partial charge in [0, 0.05) is 29.7 Å². The molecule has 3 rings (SSSR count). The Morgan fingerprint density at radius 1 is 1.50 bits per heavy atom. The zero-order chi connectivity index (χ0) is 14.1. The quantitative estimate of drug-likeness (QED) is 0.753. The van der Waals surface area contributed by atoms with Gasteiger partial charge in [0.15, 0.2) is 0 Å². The third-order valence-electron chi connectivity index (χ3n) is 3.22. The average molecular weight is 288 g/mol. The Balaban J connectivity index is 1.66. The molecule has 1 amide bonds. The Labute approximate surface area is 121 Å². The summed E-state index contributed by atoms with van der Waals surface area (Å²) in [6.45, 7) is 2.76. The molecule has 0 aliphatic carbocycles. The highest BCUT2D eigenvalue weighted by atomic mass is 32.1. The molecule has 1 aromatic heterocycles. The van der Waals surface area contributed by atoms with Gasteiger partial charge >= 0.3 is 0 Å². The van der Waals surface area contributed by atoms with Crippen LogP contribution < -0.4 is 16.4 Å². The first-order chi connectivity index (χ1) is 9.61. The van der Waals surface area contributed by atoms with Crippen LogP contribution >= 0.6 is 11.3 Å². The van der Waals surface area contributed by atoms with Crippen molar-refractivity contribution in [2.45, 2.75) is 19.8 Å². The Kier molecular flexibility index (Phi) is 3.31. The number of carbonyl (C=O) groups is 1. The molecule has 0 radical (unpaired) electrons. The zero-order valence-corrected chi connectivity index (χ0v) is 12.0.